The third kappa shape index (κ3) is 9.59. The molecule has 2 aromatic carbocycles. The molecule has 53 heavy (non-hydrogen) atoms. The highest BCUT2D eigenvalue weighted by molar-refractivity contribution is 5.98. The van der Waals surface area contributed by atoms with Crippen LogP contribution in [0.15, 0.2) is 48.5 Å². The molecule has 11 nitrogen and oxygen atoms in total. The van der Waals surface area contributed by atoms with Gasteiger partial charge in [-0.15, -0.1) is 0 Å². The first-order valence-corrected chi connectivity index (χ1v) is 18.9. The molecule has 3 heterocycles. The van der Waals surface area contributed by atoms with Gasteiger partial charge in [0, 0.05) is 61.3 Å². The fraction of sp³-hybridized carbons (Fsp3) is 0.488. The van der Waals surface area contributed by atoms with E-state index in [-0.39, 0.29) is 24.7 Å². The number of pyridine rings is 2. The van der Waals surface area contributed by atoms with Gasteiger partial charge >= 0.3 is 12.1 Å². The van der Waals surface area contributed by atoms with Crippen LogP contribution in [0, 0.1) is 5.82 Å². The second-order valence-electron chi connectivity index (χ2n) is 14.9. The van der Waals surface area contributed by atoms with E-state index in [9.17, 15) is 18.8 Å². The molecule has 2 aromatic heterocycles. The highest BCUT2D eigenvalue weighted by atomic mass is 19.1. The van der Waals surface area contributed by atoms with Crippen molar-refractivity contribution < 1.29 is 28.2 Å². The summed E-state index contributed by atoms with van der Waals surface area (Å²) in [6, 6.07) is 13.7. The van der Waals surface area contributed by atoms with Gasteiger partial charge in [0.25, 0.3) is 0 Å². The van der Waals surface area contributed by atoms with E-state index in [1.807, 2.05) is 11.0 Å². The quantitative estimate of drug-likeness (QED) is 0.114. The number of hydrogen-bond donors (Lipinski definition) is 2. The van der Waals surface area contributed by atoms with Crippen molar-refractivity contribution in [3.63, 3.8) is 0 Å². The first-order chi connectivity index (χ1) is 25.5. The molecule has 4 aromatic rings. The predicted molar refractivity (Wildman–Crippen MR) is 204 cm³/mol. The molecule has 0 bridgehead atoms. The minimum absolute atomic E-state index is 0.0322. The number of esters is 1. The van der Waals surface area contributed by atoms with Crippen LogP contribution in [0.3, 0.4) is 0 Å². The van der Waals surface area contributed by atoms with Gasteiger partial charge in [-0.3, -0.25) is 24.8 Å². The van der Waals surface area contributed by atoms with Crippen LogP contribution in [0.1, 0.15) is 83.2 Å². The van der Waals surface area contributed by atoms with E-state index in [1.165, 1.54) is 47.3 Å². The molecule has 1 atom stereocenters. The number of carbonyl (C=O) groups excluding carboxylic acids is 3. The minimum Gasteiger partial charge on any atom is -0.465 e. The first-order valence-electron chi connectivity index (χ1n) is 18.9. The summed E-state index contributed by atoms with van der Waals surface area (Å²) in [6.45, 7) is 9.50. The van der Waals surface area contributed by atoms with Crippen LogP contribution in [0.2, 0.25) is 0 Å². The molecule has 2 N–H and O–H groups in total. The Labute approximate surface area is 310 Å². The van der Waals surface area contributed by atoms with Gasteiger partial charge in [0.1, 0.15) is 17.5 Å². The number of rotatable bonds is 12. The Hall–Kier alpha value is -4.84. The fourth-order valence-corrected chi connectivity index (χ4v) is 7.27. The number of halogens is 1. The van der Waals surface area contributed by atoms with Gasteiger partial charge in [-0.1, -0.05) is 30.7 Å². The number of anilines is 2. The van der Waals surface area contributed by atoms with E-state index >= 15 is 0 Å². The Morgan fingerprint density at radius 3 is 2.60 bits per heavy atom. The van der Waals surface area contributed by atoms with Crippen LogP contribution in [0.4, 0.5) is 20.6 Å². The molecule has 0 radical (unpaired) electrons. The smallest absolute Gasteiger partial charge is 0.412 e. The van der Waals surface area contributed by atoms with Crippen LogP contribution in [-0.2, 0) is 38.4 Å². The lowest BCUT2D eigenvalue weighted by atomic mass is 9.92. The van der Waals surface area contributed by atoms with Crippen molar-refractivity contribution in [2.45, 2.75) is 97.2 Å². The van der Waals surface area contributed by atoms with Gasteiger partial charge in [0.15, 0.2) is 0 Å². The number of nitrogens with zero attached hydrogens (tertiary/aromatic N) is 4. The molecule has 2 aliphatic rings. The van der Waals surface area contributed by atoms with Crippen LogP contribution >= 0.6 is 0 Å². The number of aromatic nitrogens is 2. The third-order valence-corrected chi connectivity index (χ3v) is 9.76. The summed E-state index contributed by atoms with van der Waals surface area (Å²) in [7, 11) is 0. The number of ether oxygens (including phenoxy) is 2. The average molecular weight is 727 g/mol. The van der Waals surface area contributed by atoms with Gasteiger partial charge in [-0.2, -0.15) is 0 Å². The normalized spacial score (nSPS) is 16.3. The van der Waals surface area contributed by atoms with Crippen molar-refractivity contribution >= 4 is 51.2 Å². The number of aryl methyl sites for hydroxylation is 1. The highest BCUT2D eigenvalue weighted by Gasteiger charge is 2.35. The third-order valence-electron chi connectivity index (χ3n) is 9.76. The Morgan fingerprint density at radius 2 is 1.79 bits per heavy atom. The number of fused-ring (bicyclic) bond motifs is 3. The van der Waals surface area contributed by atoms with E-state index < -0.39 is 29.5 Å². The number of para-hydroxylation sites is 1. The molecular formula is C41H51FN6O5. The van der Waals surface area contributed by atoms with Crippen LogP contribution in [-0.4, -0.2) is 82.2 Å². The Kier molecular flexibility index (Phi) is 12.1. The zero-order valence-corrected chi connectivity index (χ0v) is 31.3. The lowest BCUT2D eigenvalue weighted by Gasteiger charge is -2.40. The molecular weight excluding hydrogens is 675 g/mol. The second kappa shape index (κ2) is 16.9. The van der Waals surface area contributed by atoms with Gasteiger partial charge in [-0.05, 0) is 96.0 Å². The number of carbonyl (C=O) groups is 3. The predicted octanol–water partition coefficient (Wildman–Crippen LogP) is 7.40. The molecule has 1 saturated heterocycles. The van der Waals surface area contributed by atoms with Gasteiger partial charge in [0.05, 0.1) is 29.0 Å². The van der Waals surface area contributed by atoms with Crippen LogP contribution < -0.4 is 10.6 Å². The molecule has 1 aliphatic carbocycles. The zero-order valence-electron chi connectivity index (χ0n) is 31.3. The molecule has 2 amide bonds. The molecule has 6 rings (SSSR count). The van der Waals surface area contributed by atoms with E-state index in [2.05, 4.69) is 28.8 Å². The standard InChI is InChI=1S/C41H51FN6O5/c1-5-52-39(50)35-26-48(36(49)17-7-6-12-20-43-38-30-13-8-10-15-32(30)45-33-16-11-9-14-31(33)38)22-21-47(35)25-29-19-18-27-23-28(42)24-34(37(27)44-29)46-40(51)53-41(2,3)4/h8,10,13,15,18-19,23-24,35H,5-7,9,11-12,14,16-17,20-22,25-26H2,1-4H3,(H,43,45)(H,46,51). The first kappa shape index (κ1) is 37.9. The zero-order chi connectivity index (χ0) is 37.5. The molecule has 0 spiro atoms. The van der Waals surface area contributed by atoms with E-state index in [0.29, 0.717) is 42.7 Å². The molecule has 1 aliphatic heterocycles. The fourth-order valence-electron chi connectivity index (χ4n) is 7.27. The molecule has 1 unspecified atom stereocenters. The lowest BCUT2D eigenvalue weighted by molar-refractivity contribution is -0.154. The number of benzene rings is 2. The molecule has 282 valence electrons. The van der Waals surface area contributed by atoms with Crippen LogP contribution in [0.25, 0.3) is 21.8 Å². The van der Waals surface area contributed by atoms with E-state index in [1.54, 1.807) is 44.7 Å². The largest absolute Gasteiger partial charge is 0.465 e. The van der Waals surface area contributed by atoms with Gasteiger partial charge < -0.3 is 19.7 Å². The average Bonchev–Trinajstić information content (AvgIpc) is 3.12. The highest BCUT2D eigenvalue weighted by Crippen LogP contribution is 2.33. The van der Waals surface area contributed by atoms with Crippen molar-refractivity contribution in [1.29, 1.82) is 0 Å². The summed E-state index contributed by atoms with van der Waals surface area (Å²) < 4.78 is 25.3. The monoisotopic (exact) mass is 726 g/mol. The Balaban J connectivity index is 1.04. The van der Waals surface area contributed by atoms with Crippen molar-refractivity contribution in [2.75, 3.05) is 43.4 Å². The maximum Gasteiger partial charge on any atom is 0.412 e. The number of hydrogen-bond acceptors (Lipinski definition) is 9. The maximum atomic E-state index is 14.5. The summed E-state index contributed by atoms with van der Waals surface area (Å²) >= 11 is 0. The Bertz CT molecular complexity index is 1960. The van der Waals surface area contributed by atoms with E-state index in [4.69, 9.17) is 19.4 Å². The summed E-state index contributed by atoms with van der Waals surface area (Å²) in [5, 5.41) is 8.03. The topological polar surface area (TPSA) is 126 Å². The number of piperazine rings is 1. The molecule has 12 heteroatoms. The SMILES string of the molecule is CCOC(=O)C1CN(C(=O)CCCCCNc2c3c(nc4ccccc24)CCCC3)CCN1Cc1ccc2cc(F)cc(NC(=O)OC(C)(C)C)c2n1. The number of nitrogens with one attached hydrogen (secondary N) is 2. The lowest BCUT2D eigenvalue weighted by Crippen LogP contribution is -2.57. The number of amides is 2. The molecule has 1 fully saturated rings. The number of unbranched alkanes of at least 4 members (excludes halogenated alkanes) is 2. The van der Waals surface area contributed by atoms with Crippen molar-refractivity contribution in [3.05, 3.63) is 71.3 Å². The summed E-state index contributed by atoms with van der Waals surface area (Å²) in [5.41, 5.74) is 5.31. The maximum absolute atomic E-state index is 14.5. The van der Waals surface area contributed by atoms with Gasteiger partial charge in [0.2, 0.25) is 5.91 Å². The Morgan fingerprint density at radius 1 is 0.981 bits per heavy atom. The minimum atomic E-state index is -0.731. The van der Waals surface area contributed by atoms with Crippen LogP contribution in [0.5, 0.6) is 0 Å². The second-order valence-corrected chi connectivity index (χ2v) is 14.9. The van der Waals surface area contributed by atoms with Crippen molar-refractivity contribution in [1.82, 2.24) is 19.8 Å². The van der Waals surface area contributed by atoms with Crippen molar-refractivity contribution in [3.8, 4) is 0 Å². The summed E-state index contributed by atoms with van der Waals surface area (Å²) in [6.07, 6.45) is 6.77. The summed E-state index contributed by atoms with van der Waals surface area (Å²) in [4.78, 5) is 52.5. The molecule has 0 saturated carbocycles. The summed E-state index contributed by atoms with van der Waals surface area (Å²) in [5.74, 6) is -0.878. The van der Waals surface area contributed by atoms with Crippen molar-refractivity contribution in [2.24, 2.45) is 0 Å². The van der Waals surface area contributed by atoms with Gasteiger partial charge in [-0.25, -0.2) is 14.2 Å². The van der Waals surface area contributed by atoms with E-state index in [0.717, 1.165) is 44.2 Å².